The van der Waals surface area contributed by atoms with Crippen LogP contribution in [0.2, 0.25) is 0 Å². The molecule has 42 heavy (non-hydrogen) atoms. The van der Waals surface area contributed by atoms with Crippen LogP contribution in [-0.2, 0) is 0 Å². The first-order valence-electron chi connectivity index (χ1n) is 14.0. The maximum Gasteiger partial charge on any atom is 0.0709 e. The number of aromatic nitrogens is 3. The molecule has 0 bridgehead atoms. The zero-order valence-electron chi connectivity index (χ0n) is 22.9. The molecule has 0 aliphatic rings. The third-order valence-corrected chi connectivity index (χ3v) is 7.28. The Balaban J connectivity index is 1.38. The number of pyridine rings is 3. The molecule has 0 amide bonds. The Morgan fingerprint density at radius 1 is 0.214 bits per heavy atom. The van der Waals surface area contributed by atoms with E-state index in [4.69, 9.17) is 15.0 Å². The molecule has 0 aliphatic heterocycles. The predicted octanol–water partition coefficient (Wildman–Crippen LogP) is 9.87. The van der Waals surface area contributed by atoms with Crippen LogP contribution in [0.3, 0.4) is 0 Å². The van der Waals surface area contributed by atoms with Crippen molar-refractivity contribution in [2.45, 2.75) is 0 Å². The van der Waals surface area contributed by atoms with Gasteiger partial charge in [-0.3, -0.25) is 0 Å². The lowest BCUT2D eigenvalue weighted by atomic mass is 9.98. The van der Waals surface area contributed by atoms with E-state index >= 15 is 0 Å². The van der Waals surface area contributed by atoms with Gasteiger partial charge < -0.3 is 0 Å². The summed E-state index contributed by atoms with van der Waals surface area (Å²) in [6, 6.07) is 56.0. The molecular weight excluding hydrogens is 510 g/mol. The topological polar surface area (TPSA) is 38.7 Å². The van der Waals surface area contributed by atoms with Gasteiger partial charge >= 0.3 is 0 Å². The van der Waals surface area contributed by atoms with E-state index < -0.39 is 0 Å². The number of benzene rings is 4. The highest BCUT2D eigenvalue weighted by Crippen LogP contribution is 2.33. The van der Waals surface area contributed by atoms with Gasteiger partial charge in [0, 0.05) is 33.4 Å². The summed E-state index contributed by atoms with van der Waals surface area (Å²) in [5.74, 6) is 0. The summed E-state index contributed by atoms with van der Waals surface area (Å²) < 4.78 is 0. The highest BCUT2D eigenvalue weighted by molar-refractivity contribution is 5.80. The summed E-state index contributed by atoms with van der Waals surface area (Å²) >= 11 is 0. The second kappa shape index (κ2) is 11.4. The van der Waals surface area contributed by atoms with Crippen molar-refractivity contribution in [3.8, 4) is 67.5 Å². The first kappa shape index (κ1) is 25.3. The Bertz CT molecular complexity index is 1720. The first-order valence-corrected chi connectivity index (χ1v) is 14.0. The molecule has 0 unspecified atom stereocenters. The molecule has 4 aromatic carbocycles. The third kappa shape index (κ3) is 5.36. The van der Waals surface area contributed by atoms with Gasteiger partial charge in [0.15, 0.2) is 0 Å². The van der Waals surface area contributed by atoms with Crippen LogP contribution in [0, 0.1) is 0 Å². The van der Waals surface area contributed by atoms with Crippen LogP contribution in [0.1, 0.15) is 0 Å². The van der Waals surface area contributed by atoms with Crippen LogP contribution in [-0.4, -0.2) is 15.0 Å². The van der Waals surface area contributed by atoms with Gasteiger partial charge in [-0.2, -0.15) is 0 Å². The van der Waals surface area contributed by atoms with Crippen LogP contribution < -0.4 is 0 Å². The van der Waals surface area contributed by atoms with Crippen molar-refractivity contribution in [3.63, 3.8) is 0 Å². The molecule has 0 atom stereocenters. The molecule has 3 aromatic heterocycles. The second-order valence-electron chi connectivity index (χ2n) is 10.1. The molecule has 198 valence electrons. The van der Waals surface area contributed by atoms with Crippen LogP contribution in [0.5, 0.6) is 0 Å². The van der Waals surface area contributed by atoms with E-state index in [0.29, 0.717) is 0 Å². The second-order valence-corrected chi connectivity index (χ2v) is 10.1. The van der Waals surface area contributed by atoms with Crippen molar-refractivity contribution < 1.29 is 0 Å². The Morgan fingerprint density at radius 3 is 0.714 bits per heavy atom. The van der Waals surface area contributed by atoms with Crippen molar-refractivity contribution in [3.05, 3.63) is 164 Å². The Hall–Kier alpha value is -5.67. The largest absolute Gasteiger partial charge is 0.248 e. The molecule has 0 radical (unpaired) electrons. The van der Waals surface area contributed by atoms with Crippen molar-refractivity contribution in [1.82, 2.24) is 15.0 Å². The quantitative estimate of drug-likeness (QED) is 0.212. The van der Waals surface area contributed by atoms with E-state index in [0.717, 1.165) is 67.5 Å². The summed E-state index contributed by atoms with van der Waals surface area (Å²) in [5.41, 5.74) is 11.8. The van der Waals surface area contributed by atoms with Crippen LogP contribution >= 0.6 is 0 Å². The fourth-order valence-electron chi connectivity index (χ4n) is 5.17. The van der Waals surface area contributed by atoms with Gasteiger partial charge in [-0.25, -0.2) is 15.0 Å². The standard InChI is InChI=1S/C39H27N3/c1-4-13-28(14-5-1)34-19-10-22-37(40-34)31-25-32(38-23-11-20-35(41-38)29-15-6-2-7-16-29)27-33(26-31)39-24-12-21-36(42-39)30-17-8-3-9-18-30/h1-27H. The number of hydrogen-bond acceptors (Lipinski definition) is 3. The minimum absolute atomic E-state index is 0.901. The Kier molecular flexibility index (Phi) is 6.89. The average Bonchev–Trinajstić information content (AvgIpc) is 3.09. The third-order valence-electron chi connectivity index (χ3n) is 7.28. The average molecular weight is 538 g/mol. The van der Waals surface area contributed by atoms with Gasteiger partial charge in [-0.15, -0.1) is 0 Å². The minimum Gasteiger partial charge on any atom is -0.248 e. The highest BCUT2D eigenvalue weighted by atomic mass is 14.7. The first-order chi connectivity index (χ1) is 20.8. The molecule has 7 aromatic rings. The van der Waals surface area contributed by atoms with Crippen molar-refractivity contribution >= 4 is 0 Å². The van der Waals surface area contributed by atoms with Gasteiger partial charge in [0.05, 0.1) is 34.2 Å². The molecule has 3 heterocycles. The van der Waals surface area contributed by atoms with Crippen LogP contribution in [0.4, 0.5) is 0 Å². The normalized spacial score (nSPS) is 10.9. The molecular formula is C39H27N3. The Labute approximate surface area is 245 Å². The molecule has 0 fully saturated rings. The Morgan fingerprint density at radius 2 is 0.452 bits per heavy atom. The number of nitrogens with zero attached hydrogens (tertiary/aromatic N) is 3. The summed E-state index contributed by atoms with van der Waals surface area (Å²) in [7, 11) is 0. The lowest BCUT2D eigenvalue weighted by molar-refractivity contribution is 1.29. The zero-order chi connectivity index (χ0) is 28.1. The van der Waals surface area contributed by atoms with E-state index in [1.54, 1.807) is 0 Å². The molecule has 7 rings (SSSR count). The SMILES string of the molecule is c1ccc(-c2cccc(-c3cc(-c4cccc(-c5ccccc5)n4)cc(-c4cccc(-c5ccccc5)n4)c3)n2)cc1. The number of rotatable bonds is 6. The monoisotopic (exact) mass is 537 g/mol. The van der Waals surface area contributed by atoms with Gasteiger partial charge in [0.2, 0.25) is 0 Å². The zero-order valence-corrected chi connectivity index (χ0v) is 22.9. The fraction of sp³-hybridized carbons (Fsp3) is 0. The van der Waals surface area contributed by atoms with E-state index in [1.165, 1.54) is 0 Å². The van der Waals surface area contributed by atoms with Crippen LogP contribution in [0.25, 0.3) is 67.5 Å². The van der Waals surface area contributed by atoms with Gasteiger partial charge in [-0.1, -0.05) is 109 Å². The summed E-state index contributed by atoms with van der Waals surface area (Å²) in [6.45, 7) is 0. The maximum absolute atomic E-state index is 5.07. The molecule has 0 N–H and O–H groups in total. The number of hydrogen-bond donors (Lipinski definition) is 0. The van der Waals surface area contributed by atoms with Crippen molar-refractivity contribution in [2.24, 2.45) is 0 Å². The maximum atomic E-state index is 5.07. The minimum atomic E-state index is 0.901. The predicted molar refractivity (Wildman–Crippen MR) is 172 cm³/mol. The highest BCUT2D eigenvalue weighted by Gasteiger charge is 2.12. The van der Waals surface area contributed by atoms with Gasteiger partial charge in [0.1, 0.15) is 0 Å². The van der Waals surface area contributed by atoms with Gasteiger partial charge in [0.25, 0.3) is 0 Å². The van der Waals surface area contributed by atoms with E-state index in [9.17, 15) is 0 Å². The molecule has 0 aliphatic carbocycles. The van der Waals surface area contributed by atoms with Crippen molar-refractivity contribution in [1.29, 1.82) is 0 Å². The summed E-state index contributed by atoms with van der Waals surface area (Å²) in [6.07, 6.45) is 0. The molecule has 0 saturated carbocycles. The van der Waals surface area contributed by atoms with E-state index in [1.807, 2.05) is 54.6 Å². The van der Waals surface area contributed by atoms with Crippen LogP contribution in [0.15, 0.2) is 164 Å². The summed E-state index contributed by atoms with van der Waals surface area (Å²) in [5, 5.41) is 0. The van der Waals surface area contributed by atoms with E-state index in [-0.39, 0.29) is 0 Å². The lowest BCUT2D eigenvalue weighted by Gasteiger charge is -2.12. The fourth-order valence-corrected chi connectivity index (χ4v) is 5.17. The lowest BCUT2D eigenvalue weighted by Crippen LogP contribution is -1.94. The molecule has 0 saturated heterocycles. The smallest absolute Gasteiger partial charge is 0.0709 e. The molecule has 0 spiro atoms. The molecule has 3 nitrogen and oxygen atoms in total. The summed E-state index contributed by atoms with van der Waals surface area (Å²) in [4.78, 5) is 15.2. The molecule has 3 heteroatoms. The van der Waals surface area contributed by atoms with E-state index in [2.05, 4.69) is 109 Å². The van der Waals surface area contributed by atoms with Gasteiger partial charge in [-0.05, 0) is 54.6 Å². The van der Waals surface area contributed by atoms with Crippen molar-refractivity contribution in [2.75, 3.05) is 0 Å².